The molecule has 0 rings (SSSR count). The summed E-state index contributed by atoms with van der Waals surface area (Å²) >= 11 is 0. The topological polar surface area (TPSA) is 29.1 Å². The molecule has 0 aromatic carbocycles. The Morgan fingerprint density at radius 2 is 0.750 bits per heavy atom. The van der Waals surface area contributed by atoms with E-state index in [0.29, 0.717) is 0 Å². The van der Waals surface area contributed by atoms with Crippen LogP contribution < -0.4 is 5.32 Å². The standard InChI is InChI=1S/C24H49NO.C2H6/c1-3-4-5-6-7-8-9-10-11-12-13-14-15-16-17-18-19-20-21-22-23-25-24(2)26;1-2/h3-23H2,1-2H3,(H,25,26);1-2H3. The summed E-state index contributed by atoms with van der Waals surface area (Å²) in [4.78, 5) is 10.7. The fraction of sp³-hybridized carbons (Fsp3) is 0.962. The summed E-state index contributed by atoms with van der Waals surface area (Å²) in [6.45, 7) is 8.74. The van der Waals surface area contributed by atoms with E-state index in [0.717, 1.165) is 13.0 Å². The molecule has 0 unspecified atom stereocenters. The van der Waals surface area contributed by atoms with Gasteiger partial charge in [0, 0.05) is 13.5 Å². The lowest BCUT2D eigenvalue weighted by molar-refractivity contribution is -0.118. The zero-order valence-corrected chi connectivity index (χ0v) is 20.3. The van der Waals surface area contributed by atoms with Gasteiger partial charge in [0.1, 0.15) is 0 Å². The first-order valence-corrected chi connectivity index (χ1v) is 13.0. The van der Waals surface area contributed by atoms with E-state index in [9.17, 15) is 4.79 Å². The van der Waals surface area contributed by atoms with Gasteiger partial charge in [-0.15, -0.1) is 0 Å². The van der Waals surface area contributed by atoms with Crippen molar-refractivity contribution in [1.29, 1.82) is 0 Å². The van der Waals surface area contributed by atoms with E-state index >= 15 is 0 Å². The van der Waals surface area contributed by atoms with E-state index in [2.05, 4.69) is 12.2 Å². The van der Waals surface area contributed by atoms with Crippen molar-refractivity contribution in [2.24, 2.45) is 0 Å². The second-order valence-corrected chi connectivity index (χ2v) is 8.20. The summed E-state index contributed by atoms with van der Waals surface area (Å²) in [5, 5.41) is 2.87. The average Bonchev–Trinajstić information content (AvgIpc) is 2.70. The summed E-state index contributed by atoms with van der Waals surface area (Å²) in [5.74, 6) is 0.0998. The predicted molar refractivity (Wildman–Crippen MR) is 128 cm³/mol. The van der Waals surface area contributed by atoms with Crippen LogP contribution in [0.3, 0.4) is 0 Å². The molecule has 2 heteroatoms. The molecule has 0 aliphatic carbocycles. The molecule has 0 aromatic rings. The second kappa shape index (κ2) is 28.7. The molecular weight excluding hydrogens is 342 g/mol. The molecule has 1 amide bonds. The monoisotopic (exact) mass is 397 g/mol. The highest BCUT2D eigenvalue weighted by Gasteiger charge is 1.95. The molecule has 0 heterocycles. The van der Waals surface area contributed by atoms with Gasteiger partial charge >= 0.3 is 0 Å². The van der Waals surface area contributed by atoms with Crippen LogP contribution >= 0.6 is 0 Å². The SMILES string of the molecule is CC.CCCCCCCCCCCCCCCCCCCCCCNC(C)=O. The Balaban J connectivity index is 0. The van der Waals surface area contributed by atoms with E-state index in [-0.39, 0.29) is 5.91 Å². The molecule has 0 bridgehead atoms. The minimum absolute atomic E-state index is 0.0998. The third-order valence-corrected chi connectivity index (χ3v) is 5.40. The molecular formula is C26H55NO. The molecule has 0 aliphatic rings. The van der Waals surface area contributed by atoms with Crippen molar-refractivity contribution in [1.82, 2.24) is 5.32 Å². The Morgan fingerprint density at radius 3 is 1.00 bits per heavy atom. The lowest BCUT2D eigenvalue weighted by Crippen LogP contribution is -2.20. The number of hydrogen-bond acceptors (Lipinski definition) is 1. The van der Waals surface area contributed by atoms with Gasteiger partial charge in [0.05, 0.1) is 0 Å². The molecule has 0 radical (unpaired) electrons. The largest absolute Gasteiger partial charge is 0.356 e. The van der Waals surface area contributed by atoms with Gasteiger partial charge in [-0.3, -0.25) is 4.79 Å². The smallest absolute Gasteiger partial charge is 0.216 e. The van der Waals surface area contributed by atoms with Crippen LogP contribution in [0.25, 0.3) is 0 Å². The first kappa shape index (κ1) is 29.7. The summed E-state index contributed by atoms with van der Waals surface area (Å²) in [6.07, 6.45) is 28.2. The van der Waals surface area contributed by atoms with Gasteiger partial charge in [-0.25, -0.2) is 0 Å². The Morgan fingerprint density at radius 1 is 0.500 bits per heavy atom. The van der Waals surface area contributed by atoms with E-state index in [1.54, 1.807) is 6.92 Å². The maximum Gasteiger partial charge on any atom is 0.216 e. The van der Waals surface area contributed by atoms with E-state index in [4.69, 9.17) is 0 Å². The third-order valence-electron chi connectivity index (χ3n) is 5.40. The van der Waals surface area contributed by atoms with Gasteiger partial charge in [0.15, 0.2) is 0 Å². The molecule has 0 spiro atoms. The average molecular weight is 398 g/mol. The van der Waals surface area contributed by atoms with Crippen LogP contribution in [-0.2, 0) is 4.79 Å². The van der Waals surface area contributed by atoms with Crippen LogP contribution in [0.15, 0.2) is 0 Å². The minimum Gasteiger partial charge on any atom is -0.356 e. The molecule has 1 N–H and O–H groups in total. The third kappa shape index (κ3) is 30.2. The van der Waals surface area contributed by atoms with Crippen molar-refractivity contribution in [3.63, 3.8) is 0 Å². The highest BCUT2D eigenvalue weighted by Crippen LogP contribution is 2.14. The van der Waals surface area contributed by atoms with Gasteiger partial charge in [0.2, 0.25) is 5.91 Å². The Kier molecular flexibility index (Phi) is 30.4. The lowest BCUT2D eigenvalue weighted by Gasteiger charge is -2.04. The van der Waals surface area contributed by atoms with Crippen molar-refractivity contribution >= 4 is 5.91 Å². The fourth-order valence-corrected chi connectivity index (χ4v) is 3.64. The summed E-state index contributed by atoms with van der Waals surface area (Å²) in [7, 11) is 0. The molecule has 0 saturated heterocycles. The van der Waals surface area contributed by atoms with Crippen LogP contribution in [0.4, 0.5) is 0 Å². The van der Waals surface area contributed by atoms with Crippen molar-refractivity contribution < 1.29 is 4.79 Å². The van der Waals surface area contributed by atoms with Gasteiger partial charge in [-0.2, -0.15) is 0 Å². The predicted octanol–water partition coefficient (Wildman–Crippen LogP) is 8.97. The van der Waals surface area contributed by atoms with Gasteiger partial charge in [0.25, 0.3) is 0 Å². The molecule has 0 atom stereocenters. The minimum atomic E-state index is 0.0998. The van der Waals surface area contributed by atoms with Gasteiger partial charge < -0.3 is 5.32 Å². The molecule has 0 fully saturated rings. The number of hydrogen-bond donors (Lipinski definition) is 1. The second-order valence-electron chi connectivity index (χ2n) is 8.20. The molecule has 170 valence electrons. The zero-order chi connectivity index (χ0) is 21.1. The lowest BCUT2D eigenvalue weighted by atomic mass is 10.0. The molecule has 0 saturated carbocycles. The van der Waals surface area contributed by atoms with Crippen LogP contribution in [-0.4, -0.2) is 12.5 Å². The van der Waals surface area contributed by atoms with Crippen LogP contribution in [0.2, 0.25) is 0 Å². The van der Waals surface area contributed by atoms with Crippen LogP contribution in [0.1, 0.15) is 156 Å². The number of rotatable bonds is 21. The summed E-state index contributed by atoms with van der Waals surface area (Å²) < 4.78 is 0. The number of carbonyl (C=O) groups is 1. The Hall–Kier alpha value is -0.530. The van der Waals surface area contributed by atoms with Gasteiger partial charge in [-0.1, -0.05) is 143 Å². The quantitative estimate of drug-likeness (QED) is 0.192. The molecule has 2 nitrogen and oxygen atoms in total. The molecule has 0 aromatic heterocycles. The number of nitrogens with one attached hydrogen (secondary N) is 1. The first-order valence-electron chi connectivity index (χ1n) is 13.0. The zero-order valence-electron chi connectivity index (χ0n) is 20.3. The summed E-state index contributed by atoms with van der Waals surface area (Å²) in [6, 6.07) is 0. The van der Waals surface area contributed by atoms with Crippen LogP contribution in [0, 0.1) is 0 Å². The number of carbonyl (C=O) groups excluding carboxylic acids is 1. The normalized spacial score (nSPS) is 10.4. The fourth-order valence-electron chi connectivity index (χ4n) is 3.64. The van der Waals surface area contributed by atoms with Crippen molar-refractivity contribution in [2.75, 3.05) is 6.54 Å². The van der Waals surface area contributed by atoms with E-state index in [1.807, 2.05) is 13.8 Å². The highest BCUT2D eigenvalue weighted by atomic mass is 16.1. The molecule has 0 aliphatic heterocycles. The maximum atomic E-state index is 10.7. The van der Waals surface area contributed by atoms with Crippen molar-refractivity contribution in [3.05, 3.63) is 0 Å². The first-order chi connectivity index (χ1) is 13.8. The number of unbranched alkanes of at least 4 members (excludes halogenated alkanes) is 19. The van der Waals surface area contributed by atoms with Crippen molar-refractivity contribution in [3.8, 4) is 0 Å². The Labute approximate surface area is 179 Å². The number of amides is 1. The van der Waals surface area contributed by atoms with Crippen molar-refractivity contribution in [2.45, 2.75) is 156 Å². The molecule has 28 heavy (non-hydrogen) atoms. The Bertz CT molecular complexity index is 278. The van der Waals surface area contributed by atoms with Gasteiger partial charge in [-0.05, 0) is 6.42 Å². The van der Waals surface area contributed by atoms with E-state index in [1.165, 1.54) is 122 Å². The van der Waals surface area contributed by atoms with E-state index < -0.39 is 0 Å². The maximum absolute atomic E-state index is 10.7. The summed E-state index contributed by atoms with van der Waals surface area (Å²) in [5.41, 5.74) is 0. The highest BCUT2D eigenvalue weighted by molar-refractivity contribution is 5.72. The van der Waals surface area contributed by atoms with Crippen LogP contribution in [0.5, 0.6) is 0 Å².